The number of rotatable bonds is 7. The van der Waals surface area contributed by atoms with Gasteiger partial charge in [-0.2, -0.15) is 5.10 Å². The molecule has 1 aromatic carbocycles. The minimum Gasteiger partial charge on any atom is -0.273 e. The topological polar surface area (TPSA) is 81.8 Å². The van der Waals surface area contributed by atoms with Crippen LogP contribution in [0.4, 0.5) is 0 Å². The second-order valence-corrected chi connectivity index (χ2v) is 6.30. The van der Waals surface area contributed by atoms with E-state index in [4.69, 9.17) is 0 Å². The fourth-order valence-electron chi connectivity index (χ4n) is 3.06. The molecule has 0 fully saturated rings. The van der Waals surface area contributed by atoms with Crippen LogP contribution in [0.1, 0.15) is 39.5 Å². The molecule has 0 bridgehead atoms. The van der Waals surface area contributed by atoms with E-state index in [0.717, 1.165) is 36.0 Å². The Morgan fingerprint density at radius 1 is 1.15 bits per heavy atom. The van der Waals surface area contributed by atoms with Crippen molar-refractivity contribution in [1.82, 2.24) is 19.4 Å². The molecule has 0 aliphatic heterocycles. The SMILES string of the molecule is CCCC(CCC)C(=O)Nn1cnc2c(cnn2-c2ccccc2)c1=O. The summed E-state index contributed by atoms with van der Waals surface area (Å²) in [6.07, 6.45) is 6.28. The summed E-state index contributed by atoms with van der Waals surface area (Å²) in [6, 6.07) is 9.48. The van der Waals surface area contributed by atoms with E-state index < -0.39 is 0 Å². The lowest BCUT2D eigenvalue weighted by Gasteiger charge is -2.16. The Balaban J connectivity index is 1.91. The molecule has 1 amide bonds. The zero-order chi connectivity index (χ0) is 18.5. The highest BCUT2D eigenvalue weighted by Crippen LogP contribution is 2.15. The van der Waals surface area contributed by atoms with Gasteiger partial charge in [0.25, 0.3) is 5.56 Å². The van der Waals surface area contributed by atoms with Crippen LogP contribution in [0.3, 0.4) is 0 Å². The van der Waals surface area contributed by atoms with Crippen LogP contribution in [0, 0.1) is 5.92 Å². The molecule has 0 spiro atoms. The fourth-order valence-corrected chi connectivity index (χ4v) is 3.06. The molecule has 2 heterocycles. The Labute approximate surface area is 151 Å². The van der Waals surface area contributed by atoms with Gasteiger partial charge in [0.1, 0.15) is 11.7 Å². The summed E-state index contributed by atoms with van der Waals surface area (Å²) < 4.78 is 2.76. The van der Waals surface area contributed by atoms with E-state index in [-0.39, 0.29) is 17.4 Å². The Bertz CT molecular complexity index is 939. The van der Waals surface area contributed by atoms with Crippen LogP contribution in [0.25, 0.3) is 16.7 Å². The number of fused-ring (bicyclic) bond motifs is 1. The molecular formula is C19H23N5O2. The van der Waals surface area contributed by atoms with Gasteiger partial charge in [0.2, 0.25) is 5.91 Å². The van der Waals surface area contributed by atoms with Crippen molar-refractivity contribution in [1.29, 1.82) is 0 Å². The van der Waals surface area contributed by atoms with Gasteiger partial charge in [-0.25, -0.2) is 14.3 Å². The van der Waals surface area contributed by atoms with E-state index in [2.05, 4.69) is 15.5 Å². The van der Waals surface area contributed by atoms with Gasteiger partial charge in [0.05, 0.1) is 11.9 Å². The molecule has 3 aromatic rings. The number of aromatic nitrogens is 4. The van der Waals surface area contributed by atoms with Crippen molar-refractivity contribution in [2.45, 2.75) is 39.5 Å². The summed E-state index contributed by atoms with van der Waals surface area (Å²) in [5.74, 6) is -0.243. The number of carbonyl (C=O) groups excluding carboxylic acids is 1. The first-order chi connectivity index (χ1) is 12.7. The van der Waals surface area contributed by atoms with Gasteiger partial charge in [0, 0.05) is 5.92 Å². The first-order valence-electron chi connectivity index (χ1n) is 8.97. The van der Waals surface area contributed by atoms with Gasteiger partial charge in [-0.05, 0) is 25.0 Å². The Morgan fingerprint density at radius 2 is 1.85 bits per heavy atom. The van der Waals surface area contributed by atoms with Gasteiger partial charge < -0.3 is 0 Å². The number of nitrogens with zero attached hydrogens (tertiary/aromatic N) is 4. The van der Waals surface area contributed by atoms with Gasteiger partial charge in [-0.1, -0.05) is 44.9 Å². The van der Waals surface area contributed by atoms with E-state index in [1.807, 2.05) is 44.2 Å². The number of benzene rings is 1. The predicted octanol–water partition coefficient (Wildman–Crippen LogP) is 2.87. The van der Waals surface area contributed by atoms with Crippen molar-refractivity contribution in [2.75, 3.05) is 5.43 Å². The van der Waals surface area contributed by atoms with Crippen LogP contribution in [-0.2, 0) is 4.79 Å². The van der Waals surface area contributed by atoms with Gasteiger partial charge in [0.15, 0.2) is 5.65 Å². The monoisotopic (exact) mass is 353 g/mol. The number of carbonyl (C=O) groups is 1. The summed E-state index contributed by atoms with van der Waals surface area (Å²) in [7, 11) is 0. The standard InChI is InChI=1S/C19H23N5O2/c1-3-8-14(9-4-2)18(25)22-23-13-20-17-16(19(23)26)12-21-24(17)15-10-6-5-7-11-15/h5-7,10-14H,3-4,8-9H2,1-2H3,(H,22,25). The van der Waals surface area contributed by atoms with Crippen LogP contribution >= 0.6 is 0 Å². The number of hydrogen-bond donors (Lipinski definition) is 1. The summed E-state index contributed by atoms with van der Waals surface area (Å²) in [6.45, 7) is 4.10. The van der Waals surface area contributed by atoms with Crippen LogP contribution in [0.2, 0.25) is 0 Å². The molecule has 26 heavy (non-hydrogen) atoms. The number of nitrogens with one attached hydrogen (secondary N) is 1. The minimum atomic E-state index is -0.336. The number of amides is 1. The van der Waals surface area contributed by atoms with Gasteiger partial charge >= 0.3 is 0 Å². The first kappa shape index (κ1) is 17.8. The van der Waals surface area contributed by atoms with E-state index >= 15 is 0 Å². The number of para-hydroxylation sites is 1. The number of hydrogen-bond acceptors (Lipinski definition) is 4. The zero-order valence-corrected chi connectivity index (χ0v) is 15.1. The van der Waals surface area contributed by atoms with Crippen molar-refractivity contribution in [2.24, 2.45) is 5.92 Å². The van der Waals surface area contributed by atoms with Crippen LogP contribution in [0.5, 0.6) is 0 Å². The lowest BCUT2D eigenvalue weighted by molar-refractivity contribution is -0.121. The maximum Gasteiger partial charge on any atom is 0.283 e. The molecule has 0 saturated carbocycles. The molecular weight excluding hydrogens is 330 g/mol. The third-order valence-electron chi connectivity index (χ3n) is 4.37. The molecule has 0 aliphatic carbocycles. The fraction of sp³-hybridized carbons (Fsp3) is 0.368. The summed E-state index contributed by atoms with van der Waals surface area (Å²) in [4.78, 5) is 29.5. The van der Waals surface area contributed by atoms with Gasteiger partial charge in [-0.3, -0.25) is 15.0 Å². The summed E-state index contributed by atoms with van der Waals surface area (Å²) in [5, 5.41) is 4.63. The highest BCUT2D eigenvalue weighted by Gasteiger charge is 2.18. The average molecular weight is 353 g/mol. The Kier molecular flexibility index (Phi) is 5.46. The summed E-state index contributed by atoms with van der Waals surface area (Å²) in [5.41, 5.74) is 3.64. The average Bonchev–Trinajstić information content (AvgIpc) is 3.09. The van der Waals surface area contributed by atoms with Gasteiger partial charge in [-0.15, -0.1) is 0 Å². The third kappa shape index (κ3) is 3.51. The highest BCUT2D eigenvalue weighted by molar-refractivity contribution is 5.86. The van der Waals surface area contributed by atoms with Crippen molar-refractivity contribution in [3.8, 4) is 5.69 Å². The lowest BCUT2D eigenvalue weighted by Crippen LogP contribution is -2.36. The molecule has 0 aliphatic rings. The Morgan fingerprint density at radius 3 is 2.50 bits per heavy atom. The van der Waals surface area contributed by atoms with E-state index in [1.165, 1.54) is 12.5 Å². The van der Waals surface area contributed by atoms with E-state index in [0.29, 0.717) is 11.0 Å². The molecule has 7 heteroatoms. The van der Waals surface area contributed by atoms with Crippen molar-refractivity contribution < 1.29 is 4.79 Å². The third-order valence-corrected chi connectivity index (χ3v) is 4.37. The lowest BCUT2D eigenvalue weighted by atomic mass is 9.98. The normalized spacial score (nSPS) is 11.2. The van der Waals surface area contributed by atoms with E-state index in [1.54, 1.807) is 4.68 Å². The largest absolute Gasteiger partial charge is 0.283 e. The van der Waals surface area contributed by atoms with Crippen LogP contribution < -0.4 is 11.0 Å². The smallest absolute Gasteiger partial charge is 0.273 e. The molecule has 3 rings (SSSR count). The first-order valence-corrected chi connectivity index (χ1v) is 8.97. The molecule has 0 atom stereocenters. The second-order valence-electron chi connectivity index (χ2n) is 6.30. The second kappa shape index (κ2) is 7.95. The molecule has 0 saturated heterocycles. The Hall–Kier alpha value is -2.96. The molecule has 0 radical (unpaired) electrons. The maximum atomic E-state index is 12.7. The zero-order valence-electron chi connectivity index (χ0n) is 15.1. The van der Waals surface area contributed by atoms with Crippen molar-refractivity contribution >= 4 is 16.9 Å². The maximum absolute atomic E-state index is 12.7. The quantitative estimate of drug-likeness (QED) is 0.708. The minimum absolute atomic E-state index is 0.0976. The molecule has 0 unspecified atom stereocenters. The van der Waals surface area contributed by atoms with Crippen LogP contribution in [-0.4, -0.2) is 25.3 Å². The molecule has 7 nitrogen and oxygen atoms in total. The molecule has 1 N–H and O–H groups in total. The van der Waals surface area contributed by atoms with Crippen LogP contribution in [0.15, 0.2) is 47.7 Å². The molecule has 2 aromatic heterocycles. The van der Waals surface area contributed by atoms with E-state index in [9.17, 15) is 9.59 Å². The van der Waals surface area contributed by atoms with Crippen molar-refractivity contribution in [3.63, 3.8) is 0 Å². The molecule has 136 valence electrons. The highest BCUT2D eigenvalue weighted by atomic mass is 16.2. The predicted molar refractivity (Wildman–Crippen MR) is 101 cm³/mol. The van der Waals surface area contributed by atoms with Crippen molar-refractivity contribution in [3.05, 3.63) is 53.2 Å². The summed E-state index contributed by atoms with van der Waals surface area (Å²) >= 11 is 0.